The van der Waals surface area contributed by atoms with Crippen molar-refractivity contribution >= 4 is 56.9 Å². The van der Waals surface area contributed by atoms with Crippen LogP contribution in [-0.2, 0) is 4.79 Å². The number of ketones is 1. The molecule has 2 amide bonds. The molecule has 0 saturated heterocycles. The highest BCUT2D eigenvalue weighted by Crippen LogP contribution is 2.16. The third kappa shape index (κ3) is 6.38. The van der Waals surface area contributed by atoms with Crippen molar-refractivity contribution in [2.24, 2.45) is 0 Å². The fourth-order valence-electron chi connectivity index (χ4n) is 2.67. The number of hydrogen-bond donors (Lipinski definition) is 2. The standard InChI is InChI=1S/C24H18BrClN2O3/c1-15(29)17-6-12-21(13-7-17)27-24(31)22(14-16-2-10-20(26)11-3-16)28-23(30)18-4-8-19(25)9-5-18/h2-14H,1H3,(H,27,31)(H,28,30)/b22-14+. The zero-order valence-corrected chi connectivity index (χ0v) is 18.8. The molecule has 0 aliphatic rings. The average Bonchev–Trinajstić information content (AvgIpc) is 2.75. The number of nitrogens with one attached hydrogen (secondary N) is 2. The number of halogens is 2. The molecule has 3 rings (SSSR count). The minimum Gasteiger partial charge on any atom is -0.321 e. The van der Waals surface area contributed by atoms with Crippen molar-refractivity contribution in [3.8, 4) is 0 Å². The van der Waals surface area contributed by atoms with Crippen molar-refractivity contribution < 1.29 is 14.4 Å². The summed E-state index contributed by atoms with van der Waals surface area (Å²) in [6.45, 7) is 1.47. The lowest BCUT2D eigenvalue weighted by Gasteiger charge is -2.12. The molecule has 0 bridgehead atoms. The molecular weight excluding hydrogens is 480 g/mol. The van der Waals surface area contributed by atoms with Gasteiger partial charge in [-0.1, -0.05) is 39.7 Å². The van der Waals surface area contributed by atoms with Gasteiger partial charge in [0.25, 0.3) is 11.8 Å². The van der Waals surface area contributed by atoms with Gasteiger partial charge in [-0.2, -0.15) is 0 Å². The van der Waals surface area contributed by atoms with Crippen molar-refractivity contribution in [2.75, 3.05) is 5.32 Å². The molecule has 7 heteroatoms. The van der Waals surface area contributed by atoms with Gasteiger partial charge in [0.1, 0.15) is 5.70 Å². The second-order valence-corrected chi connectivity index (χ2v) is 8.01. The minimum atomic E-state index is -0.504. The van der Waals surface area contributed by atoms with Crippen LogP contribution in [0.25, 0.3) is 6.08 Å². The van der Waals surface area contributed by atoms with Crippen LogP contribution in [0.5, 0.6) is 0 Å². The van der Waals surface area contributed by atoms with Gasteiger partial charge in [0.15, 0.2) is 5.78 Å². The summed E-state index contributed by atoms with van der Waals surface area (Å²) in [6, 6.07) is 20.2. The van der Waals surface area contributed by atoms with Gasteiger partial charge >= 0.3 is 0 Å². The molecule has 0 aromatic heterocycles. The summed E-state index contributed by atoms with van der Waals surface area (Å²) >= 11 is 9.26. The molecule has 3 aromatic rings. The molecule has 0 unspecified atom stereocenters. The Morgan fingerprint density at radius 3 is 2.00 bits per heavy atom. The molecule has 2 N–H and O–H groups in total. The number of carbonyl (C=O) groups is 3. The minimum absolute atomic E-state index is 0.0610. The summed E-state index contributed by atoms with van der Waals surface area (Å²) in [6.07, 6.45) is 1.56. The van der Waals surface area contributed by atoms with Crippen LogP contribution in [0.4, 0.5) is 5.69 Å². The van der Waals surface area contributed by atoms with E-state index in [4.69, 9.17) is 11.6 Å². The lowest BCUT2D eigenvalue weighted by molar-refractivity contribution is -0.113. The van der Waals surface area contributed by atoms with Gasteiger partial charge in [-0.15, -0.1) is 0 Å². The number of carbonyl (C=O) groups excluding carboxylic acids is 3. The van der Waals surface area contributed by atoms with E-state index in [1.165, 1.54) is 6.92 Å². The maximum absolute atomic E-state index is 12.9. The molecule has 3 aromatic carbocycles. The van der Waals surface area contributed by atoms with Crippen molar-refractivity contribution in [2.45, 2.75) is 6.92 Å². The summed E-state index contributed by atoms with van der Waals surface area (Å²) in [7, 11) is 0. The second kappa shape index (κ2) is 10.2. The second-order valence-electron chi connectivity index (χ2n) is 6.66. The summed E-state index contributed by atoms with van der Waals surface area (Å²) in [5.74, 6) is -0.992. The smallest absolute Gasteiger partial charge is 0.272 e. The van der Waals surface area contributed by atoms with Crippen LogP contribution < -0.4 is 10.6 Å². The van der Waals surface area contributed by atoms with E-state index in [9.17, 15) is 14.4 Å². The molecule has 0 radical (unpaired) electrons. The maximum atomic E-state index is 12.9. The number of anilines is 1. The summed E-state index contributed by atoms with van der Waals surface area (Å²) in [5, 5.41) is 5.97. The number of benzene rings is 3. The van der Waals surface area contributed by atoms with Crippen LogP contribution in [0.15, 0.2) is 83.0 Å². The van der Waals surface area contributed by atoms with Crippen LogP contribution >= 0.6 is 27.5 Å². The SMILES string of the molecule is CC(=O)c1ccc(NC(=O)/C(=C\c2ccc(Cl)cc2)NC(=O)c2ccc(Br)cc2)cc1. The highest BCUT2D eigenvalue weighted by Gasteiger charge is 2.15. The Morgan fingerprint density at radius 1 is 0.839 bits per heavy atom. The number of rotatable bonds is 6. The lowest BCUT2D eigenvalue weighted by atomic mass is 10.1. The van der Waals surface area contributed by atoms with Crippen LogP contribution in [-0.4, -0.2) is 17.6 Å². The normalized spacial score (nSPS) is 11.0. The number of Topliss-reactive ketones (excluding diaryl/α,β-unsaturated/α-hetero) is 1. The largest absolute Gasteiger partial charge is 0.321 e. The highest BCUT2D eigenvalue weighted by atomic mass is 79.9. The molecular formula is C24H18BrClN2O3. The Balaban J connectivity index is 1.86. The van der Waals surface area contributed by atoms with E-state index >= 15 is 0 Å². The predicted molar refractivity (Wildman–Crippen MR) is 126 cm³/mol. The molecule has 0 saturated carbocycles. The first kappa shape index (κ1) is 22.5. The lowest BCUT2D eigenvalue weighted by Crippen LogP contribution is -2.30. The fourth-order valence-corrected chi connectivity index (χ4v) is 3.06. The molecule has 156 valence electrons. The number of amides is 2. The van der Waals surface area contributed by atoms with Crippen LogP contribution in [0.3, 0.4) is 0 Å². The molecule has 0 heterocycles. The highest BCUT2D eigenvalue weighted by molar-refractivity contribution is 9.10. The molecule has 5 nitrogen and oxygen atoms in total. The van der Waals surface area contributed by atoms with E-state index in [2.05, 4.69) is 26.6 Å². The molecule has 31 heavy (non-hydrogen) atoms. The van der Waals surface area contributed by atoms with Gasteiger partial charge in [0, 0.05) is 26.3 Å². The zero-order valence-electron chi connectivity index (χ0n) is 16.5. The van der Waals surface area contributed by atoms with E-state index in [-0.39, 0.29) is 11.5 Å². The average molecular weight is 498 g/mol. The molecule has 0 fully saturated rings. The van der Waals surface area contributed by atoms with Crippen molar-refractivity contribution in [3.05, 3.63) is 105 Å². The molecule has 0 atom stereocenters. The van der Waals surface area contributed by atoms with Crippen LogP contribution in [0.2, 0.25) is 5.02 Å². The van der Waals surface area contributed by atoms with E-state index in [0.717, 1.165) is 4.47 Å². The van der Waals surface area contributed by atoms with Crippen molar-refractivity contribution in [1.82, 2.24) is 5.32 Å². The van der Waals surface area contributed by atoms with Crippen LogP contribution in [0.1, 0.15) is 33.2 Å². The van der Waals surface area contributed by atoms with Crippen molar-refractivity contribution in [3.63, 3.8) is 0 Å². The van der Waals surface area contributed by atoms with E-state index in [1.807, 2.05) is 0 Å². The predicted octanol–water partition coefficient (Wildman–Crippen LogP) is 5.71. The van der Waals surface area contributed by atoms with Gasteiger partial charge in [-0.25, -0.2) is 0 Å². The maximum Gasteiger partial charge on any atom is 0.272 e. The summed E-state index contributed by atoms with van der Waals surface area (Å²) in [5.41, 5.74) is 2.20. The molecule has 0 spiro atoms. The first-order valence-corrected chi connectivity index (χ1v) is 10.5. The van der Waals surface area contributed by atoms with E-state index in [0.29, 0.717) is 27.4 Å². The monoisotopic (exact) mass is 496 g/mol. The topological polar surface area (TPSA) is 75.3 Å². The van der Waals surface area contributed by atoms with Crippen molar-refractivity contribution in [1.29, 1.82) is 0 Å². The zero-order chi connectivity index (χ0) is 22.4. The van der Waals surface area contributed by atoms with Crippen LogP contribution in [0, 0.1) is 0 Å². The van der Waals surface area contributed by atoms with E-state index in [1.54, 1.807) is 78.9 Å². The Kier molecular flexibility index (Phi) is 7.39. The van der Waals surface area contributed by atoms with Gasteiger partial charge < -0.3 is 10.6 Å². The molecule has 0 aliphatic carbocycles. The Hall–Kier alpha value is -3.22. The van der Waals surface area contributed by atoms with Gasteiger partial charge in [-0.3, -0.25) is 14.4 Å². The Morgan fingerprint density at radius 2 is 1.42 bits per heavy atom. The quantitative estimate of drug-likeness (QED) is 0.338. The Labute approximate surface area is 193 Å². The summed E-state index contributed by atoms with van der Waals surface area (Å²) < 4.78 is 0.840. The fraction of sp³-hybridized carbons (Fsp3) is 0.0417. The van der Waals surface area contributed by atoms with Gasteiger partial charge in [0.05, 0.1) is 0 Å². The van der Waals surface area contributed by atoms with Gasteiger partial charge in [-0.05, 0) is 79.2 Å². The van der Waals surface area contributed by atoms with Gasteiger partial charge in [0.2, 0.25) is 0 Å². The number of hydrogen-bond acceptors (Lipinski definition) is 3. The third-order valence-corrected chi connectivity index (χ3v) is 5.11. The first-order valence-electron chi connectivity index (χ1n) is 9.28. The van der Waals surface area contributed by atoms with E-state index < -0.39 is 11.8 Å². The molecule has 0 aliphatic heterocycles. The first-order chi connectivity index (χ1) is 14.8. The Bertz CT molecular complexity index is 1140. The third-order valence-electron chi connectivity index (χ3n) is 4.33. The summed E-state index contributed by atoms with van der Waals surface area (Å²) in [4.78, 5) is 37.0.